The molecule has 1 radical (unpaired) electrons. The van der Waals surface area contributed by atoms with Crippen LogP contribution in [0.15, 0.2) is 11.6 Å². The first-order valence-corrected chi connectivity index (χ1v) is 2.84. The van der Waals surface area contributed by atoms with Crippen molar-refractivity contribution in [2.45, 2.75) is 6.54 Å². The summed E-state index contributed by atoms with van der Waals surface area (Å²) in [5, 5.41) is 2.77. The molecule has 0 spiro atoms. The summed E-state index contributed by atoms with van der Waals surface area (Å²) in [4.78, 5) is 3.87. The van der Waals surface area contributed by atoms with E-state index in [1.54, 1.807) is 6.20 Å². The Kier molecular flexibility index (Phi) is 1.38. The van der Waals surface area contributed by atoms with Crippen LogP contribution in [0.2, 0.25) is 0 Å². The lowest BCUT2D eigenvalue weighted by atomic mass is 10.7. The van der Waals surface area contributed by atoms with Crippen LogP contribution in [0.4, 0.5) is 0 Å². The first kappa shape index (κ1) is 4.74. The van der Waals surface area contributed by atoms with E-state index < -0.39 is 0 Å². The fourth-order valence-corrected chi connectivity index (χ4v) is 0.824. The normalized spacial score (nSPS) is 9.29. The zero-order valence-electron chi connectivity index (χ0n) is 3.72. The van der Waals surface area contributed by atoms with Gasteiger partial charge in [0.15, 0.2) is 0 Å². The Hall–Kier alpha value is -0.410. The van der Waals surface area contributed by atoms with E-state index in [4.69, 9.17) is 5.73 Å². The molecule has 0 saturated carbocycles. The highest BCUT2D eigenvalue weighted by atomic mass is 32.1. The highest BCUT2D eigenvalue weighted by Crippen LogP contribution is 2.00. The number of thiazole rings is 1. The molecule has 0 aliphatic rings. The molecule has 0 aliphatic heterocycles. The maximum atomic E-state index is 6.81. The van der Waals surface area contributed by atoms with Gasteiger partial charge in [-0.05, 0) is 0 Å². The second kappa shape index (κ2) is 2.04. The maximum absolute atomic E-state index is 6.81. The third kappa shape index (κ3) is 0.976. The molecule has 2 nitrogen and oxygen atoms in total. The van der Waals surface area contributed by atoms with Gasteiger partial charge in [-0.2, -0.15) is 0 Å². The van der Waals surface area contributed by atoms with Crippen LogP contribution >= 0.6 is 11.3 Å². The minimum absolute atomic E-state index is 0.317. The molecule has 0 bridgehead atoms. The van der Waals surface area contributed by atoms with Gasteiger partial charge in [0.1, 0.15) is 5.01 Å². The van der Waals surface area contributed by atoms with Crippen molar-refractivity contribution < 1.29 is 0 Å². The van der Waals surface area contributed by atoms with E-state index in [-0.39, 0.29) is 0 Å². The molecular weight excluding hydrogens is 108 g/mol. The molecule has 0 aromatic carbocycles. The first-order chi connectivity index (χ1) is 3.43. The number of hydrogen-bond acceptors (Lipinski definition) is 2. The molecule has 0 unspecified atom stereocenters. The highest BCUT2D eigenvalue weighted by molar-refractivity contribution is 7.09. The van der Waals surface area contributed by atoms with Gasteiger partial charge >= 0.3 is 0 Å². The summed E-state index contributed by atoms with van der Waals surface area (Å²) < 4.78 is 0. The fraction of sp³-hybridized carbons (Fsp3) is 0.250. The van der Waals surface area contributed by atoms with Gasteiger partial charge in [0.25, 0.3) is 0 Å². The number of nitrogens with one attached hydrogen (secondary N) is 1. The highest BCUT2D eigenvalue weighted by Gasteiger charge is 1.85. The molecule has 0 saturated heterocycles. The minimum atomic E-state index is 0.317. The average Bonchev–Trinajstić information content (AvgIpc) is 2.14. The van der Waals surface area contributed by atoms with Crippen molar-refractivity contribution in [2.75, 3.05) is 0 Å². The summed E-state index contributed by atoms with van der Waals surface area (Å²) in [6, 6.07) is 0. The lowest BCUT2D eigenvalue weighted by Gasteiger charge is -1.76. The SMILES string of the molecule is [NH]Cc1nccs1. The Labute approximate surface area is 46.0 Å². The van der Waals surface area contributed by atoms with Gasteiger partial charge in [0.05, 0.1) is 6.54 Å². The van der Waals surface area contributed by atoms with E-state index in [9.17, 15) is 0 Å². The molecule has 7 heavy (non-hydrogen) atoms. The summed E-state index contributed by atoms with van der Waals surface area (Å²) in [7, 11) is 0. The van der Waals surface area contributed by atoms with Crippen molar-refractivity contribution in [3.05, 3.63) is 16.6 Å². The molecule has 1 heterocycles. The maximum Gasteiger partial charge on any atom is 0.108 e. The van der Waals surface area contributed by atoms with Gasteiger partial charge in [0, 0.05) is 11.6 Å². The molecular formula is C4H5N2S. The molecule has 1 aromatic rings. The summed E-state index contributed by atoms with van der Waals surface area (Å²) >= 11 is 1.52. The number of hydrogen-bond donors (Lipinski definition) is 0. The topological polar surface area (TPSA) is 36.7 Å². The minimum Gasteiger partial charge on any atom is -0.251 e. The van der Waals surface area contributed by atoms with Crippen molar-refractivity contribution in [3.63, 3.8) is 0 Å². The third-order valence-electron chi connectivity index (χ3n) is 0.635. The molecule has 3 heteroatoms. The van der Waals surface area contributed by atoms with E-state index in [1.807, 2.05) is 5.38 Å². The molecule has 0 fully saturated rings. The number of rotatable bonds is 1. The molecule has 1 N–H and O–H groups in total. The standard InChI is InChI=1S/C4H5N2S/c5-3-4-6-1-2-7-4/h1-2,5H,3H2. The Balaban J connectivity index is 2.76. The Morgan fingerprint density at radius 1 is 1.86 bits per heavy atom. The predicted octanol–water partition coefficient (Wildman–Crippen LogP) is 0.926. The van der Waals surface area contributed by atoms with Crippen molar-refractivity contribution in [2.24, 2.45) is 0 Å². The van der Waals surface area contributed by atoms with E-state index in [0.29, 0.717) is 6.54 Å². The lowest BCUT2D eigenvalue weighted by Crippen LogP contribution is -1.78. The van der Waals surface area contributed by atoms with Crippen LogP contribution in [0.1, 0.15) is 5.01 Å². The van der Waals surface area contributed by atoms with Gasteiger partial charge in [-0.1, -0.05) is 0 Å². The van der Waals surface area contributed by atoms with Gasteiger partial charge in [-0.15, -0.1) is 11.3 Å². The molecule has 0 atom stereocenters. The summed E-state index contributed by atoms with van der Waals surface area (Å²) in [5.41, 5.74) is 6.81. The zero-order chi connectivity index (χ0) is 5.11. The van der Waals surface area contributed by atoms with Crippen LogP contribution in [0.25, 0.3) is 0 Å². The monoisotopic (exact) mass is 113 g/mol. The molecule has 0 amide bonds. The van der Waals surface area contributed by atoms with Crippen LogP contribution < -0.4 is 5.73 Å². The smallest absolute Gasteiger partial charge is 0.108 e. The van der Waals surface area contributed by atoms with E-state index in [0.717, 1.165) is 5.01 Å². The first-order valence-electron chi connectivity index (χ1n) is 1.96. The summed E-state index contributed by atoms with van der Waals surface area (Å²) in [6.45, 7) is 0.317. The van der Waals surface area contributed by atoms with Crippen LogP contribution in [-0.2, 0) is 6.54 Å². The van der Waals surface area contributed by atoms with Crippen LogP contribution in [-0.4, -0.2) is 4.98 Å². The molecule has 1 rings (SSSR count). The Morgan fingerprint density at radius 2 is 2.71 bits per heavy atom. The largest absolute Gasteiger partial charge is 0.251 e. The van der Waals surface area contributed by atoms with Gasteiger partial charge < -0.3 is 0 Å². The fourth-order valence-electron chi connectivity index (χ4n) is 0.340. The van der Waals surface area contributed by atoms with Crippen molar-refractivity contribution >= 4 is 11.3 Å². The summed E-state index contributed by atoms with van der Waals surface area (Å²) in [5.74, 6) is 0. The Bertz CT molecular complexity index is 124. The second-order valence-corrected chi connectivity index (χ2v) is 2.08. The van der Waals surface area contributed by atoms with Gasteiger partial charge in [-0.25, -0.2) is 4.98 Å². The van der Waals surface area contributed by atoms with Crippen molar-refractivity contribution in [3.8, 4) is 0 Å². The lowest BCUT2D eigenvalue weighted by molar-refractivity contribution is 1.00. The molecule has 0 aliphatic carbocycles. The second-order valence-electron chi connectivity index (χ2n) is 1.10. The molecule has 1 aromatic heterocycles. The summed E-state index contributed by atoms with van der Waals surface area (Å²) in [6.07, 6.45) is 1.72. The van der Waals surface area contributed by atoms with Crippen LogP contribution in [0.3, 0.4) is 0 Å². The van der Waals surface area contributed by atoms with Crippen LogP contribution in [0, 0.1) is 0 Å². The van der Waals surface area contributed by atoms with Crippen molar-refractivity contribution in [1.82, 2.24) is 10.7 Å². The van der Waals surface area contributed by atoms with Crippen LogP contribution in [0.5, 0.6) is 0 Å². The quantitative estimate of drug-likeness (QED) is 0.533. The zero-order valence-corrected chi connectivity index (χ0v) is 4.53. The third-order valence-corrected chi connectivity index (χ3v) is 1.41. The van der Waals surface area contributed by atoms with E-state index >= 15 is 0 Å². The number of nitrogens with zero attached hydrogens (tertiary/aromatic N) is 1. The predicted molar refractivity (Wildman–Crippen MR) is 28.9 cm³/mol. The average molecular weight is 113 g/mol. The van der Waals surface area contributed by atoms with Gasteiger partial charge in [0.2, 0.25) is 0 Å². The Morgan fingerprint density at radius 3 is 3.00 bits per heavy atom. The number of aromatic nitrogens is 1. The van der Waals surface area contributed by atoms with E-state index in [2.05, 4.69) is 4.98 Å². The van der Waals surface area contributed by atoms with Gasteiger partial charge in [-0.3, -0.25) is 5.73 Å². The van der Waals surface area contributed by atoms with Crippen molar-refractivity contribution in [1.29, 1.82) is 0 Å². The molecule has 37 valence electrons. The van der Waals surface area contributed by atoms with E-state index in [1.165, 1.54) is 11.3 Å².